The summed E-state index contributed by atoms with van der Waals surface area (Å²) in [5.74, 6) is -0.912. The third kappa shape index (κ3) is 6.22. The van der Waals surface area contributed by atoms with Gasteiger partial charge in [0, 0.05) is 31.6 Å². The van der Waals surface area contributed by atoms with E-state index in [0.717, 1.165) is 0 Å². The van der Waals surface area contributed by atoms with Gasteiger partial charge in [-0.05, 0) is 6.07 Å². The van der Waals surface area contributed by atoms with E-state index < -0.39 is 6.36 Å². The molecule has 0 aliphatic carbocycles. The summed E-state index contributed by atoms with van der Waals surface area (Å²) in [7, 11) is 1.51. The molecule has 1 amide bonds. The summed E-state index contributed by atoms with van der Waals surface area (Å²) in [6.07, 6.45) is -4.76. The van der Waals surface area contributed by atoms with Crippen molar-refractivity contribution in [3.8, 4) is 5.75 Å². The zero-order chi connectivity index (χ0) is 15.3. The topological polar surface area (TPSA) is 55.6 Å². The van der Waals surface area contributed by atoms with Gasteiger partial charge in [-0.2, -0.15) is 0 Å². The van der Waals surface area contributed by atoms with Crippen LogP contribution in [0.3, 0.4) is 0 Å². The smallest absolute Gasteiger partial charge is 0.405 e. The quantitative estimate of drug-likeness (QED) is 0.904. The fourth-order valence-electron chi connectivity index (χ4n) is 1.67. The Kier molecular flexibility index (Phi) is 7.52. The molecule has 0 fully saturated rings. The van der Waals surface area contributed by atoms with Crippen molar-refractivity contribution in [2.75, 3.05) is 13.6 Å². The van der Waals surface area contributed by atoms with Crippen molar-refractivity contribution in [3.05, 3.63) is 29.8 Å². The number of nitrogens with two attached hydrogens (primary N) is 1. The second-order valence-corrected chi connectivity index (χ2v) is 4.49. The molecule has 21 heavy (non-hydrogen) atoms. The largest absolute Gasteiger partial charge is 0.573 e. The summed E-state index contributed by atoms with van der Waals surface area (Å²) >= 11 is 0. The van der Waals surface area contributed by atoms with Gasteiger partial charge in [-0.3, -0.25) is 4.79 Å². The first-order valence-corrected chi connectivity index (χ1v) is 6.03. The van der Waals surface area contributed by atoms with Gasteiger partial charge in [-0.1, -0.05) is 25.1 Å². The molecule has 1 aromatic rings. The maximum absolute atomic E-state index is 12.3. The number of carbonyl (C=O) groups excluding carboxylic acids is 1. The number of hydrogen-bond donors (Lipinski definition) is 1. The first kappa shape index (κ1) is 19.5. The van der Waals surface area contributed by atoms with E-state index in [9.17, 15) is 18.0 Å². The molecule has 0 saturated carbocycles. The maximum Gasteiger partial charge on any atom is 0.573 e. The molecule has 0 aliphatic rings. The Bertz CT molecular complexity index is 469. The molecule has 0 aliphatic heterocycles. The maximum atomic E-state index is 12.3. The second-order valence-electron chi connectivity index (χ2n) is 4.49. The van der Waals surface area contributed by atoms with Crippen molar-refractivity contribution < 1.29 is 22.7 Å². The van der Waals surface area contributed by atoms with E-state index in [1.165, 1.54) is 30.1 Å². The number of carbonyl (C=O) groups is 1. The third-order valence-electron chi connectivity index (χ3n) is 2.76. The van der Waals surface area contributed by atoms with Crippen molar-refractivity contribution in [2.45, 2.75) is 19.8 Å². The average molecular weight is 327 g/mol. The normalized spacial score (nSPS) is 12.3. The van der Waals surface area contributed by atoms with Gasteiger partial charge in [0.2, 0.25) is 5.91 Å². The standard InChI is InChI=1S/C13H17F3N2O2.ClH/c1-9(7-17)12(19)18(2)8-10-5-3-4-6-11(10)20-13(14,15)16;/h3-6,9H,7-8,17H2,1-2H3;1H. The van der Waals surface area contributed by atoms with Gasteiger partial charge in [0.15, 0.2) is 0 Å². The van der Waals surface area contributed by atoms with E-state index in [1.54, 1.807) is 13.0 Å². The summed E-state index contributed by atoms with van der Waals surface area (Å²) in [5, 5.41) is 0. The van der Waals surface area contributed by atoms with Crippen LogP contribution in [0.1, 0.15) is 12.5 Å². The van der Waals surface area contributed by atoms with Crippen LogP contribution in [0.25, 0.3) is 0 Å². The highest BCUT2D eigenvalue weighted by Gasteiger charge is 2.32. The van der Waals surface area contributed by atoms with Crippen molar-refractivity contribution >= 4 is 18.3 Å². The Hall–Kier alpha value is -1.47. The average Bonchev–Trinajstić information content (AvgIpc) is 2.37. The fraction of sp³-hybridized carbons (Fsp3) is 0.462. The highest BCUT2D eigenvalue weighted by atomic mass is 35.5. The molecule has 1 rings (SSSR count). The molecule has 0 bridgehead atoms. The number of halogens is 4. The molecule has 0 spiro atoms. The van der Waals surface area contributed by atoms with Crippen molar-refractivity contribution in [2.24, 2.45) is 11.7 Å². The fourth-order valence-corrected chi connectivity index (χ4v) is 1.67. The molecule has 0 heterocycles. The monoisotopic (exact) mass is 326 g/mol. The van der Waals surface area contributed by atoms with Crippen molar-refractivity contribution in [1.29, 1.82) is 0 Å². The summed E-state index contributed by atoms with van der Waals surface area (Å²) in [6.45, 7) is 1.87. The van der Waals surface area contributed by atoms with Crippen LogP contribution in [0.15, 0.2) is 24.3 Å². The lowest BCUT2D eigenvalue weighted by Crippen LogP contribution is -2.34. The molecule has 0 radical (unpaired) electrons. The summed E-state index contributed by atoms with van der Waals surface area (Å²) < 4.78 is 40.8. The molecule has 0 saturated heterocycles. The van der Waals surface area contributed by atoms with E-state index in [-0.39, 0.29) is 48.6 Å². The zero-order valence-electron chi connectivity index (χ0n) is 11.7. The zero-order valence-corrected chi connectivity index (χ0v) is 12.5. The van der Waals surface area contributed by atoms with E-state index in [1.807, 2.05) is 0 Å². The SMILES string of the molecule is CC(CN)C(=O)N(C)Cc1ccccc1OC(F)(F)F.Cl. The number of benzene rings is 1. The number of nitrogens with zero attached hydrogens (tertiary/aromatic N) is 1. The van der Waals surface area contributed by atoms with E-state index in [4.69, 9.17) is 5.73 Å². The minimum Gasteiger partial charge on any atom is -0.405 e. The lowest BCUT2D eigenvalue weighted by Gasteiger charge is -2.22. The summed E-state index contributed by atoms with van der Waals surface area (Å²) in [5.41, 5.74) is 5.68. The van der Waals surface area contributed by atoms with Crippen LogP contribution in [-0.4, -0.2) is 30.8 Å². The number of amides is 1. The third-order valence-corrected chi connectivity index (χ3v) is 2.76. The van der Waals surface area contributed by atoms with Gasteiger partial charge in [0.1, 0.15) is 5.75 Å². The molecule has 2 N–H and O–H groups in total. The van der Waals surface area contributed by atoms with Gasteiger partial charge in [0.25, 0.3) is 0 Å². The molecule has 1 atom stereocenters. The van der Waals surface area contributed by atoms with Crippen LogP contribution in [0, 0.1) is 5.92 Å². The van der Waals surface area contributed by atoms with Crippen LogP contribution in [0.2, 0.25) is 0 Å². The van der Waals surface area contributed by atoms with Crippen LogP contribution in [0.4, 0.5) is 13.2 Å². The van der Waals surface area contributed by atoms with Crippen LogP contribution >= 0.6 is 12.4 Å². The van der Waals surface area contributed by atoms with Gasteiger partial charge < -0.3 is 15.4 Å². The number of ether oxygens (including phenoxy) is 1. The molecule has 8 heteroatoms. The predicted molar refractivity (Wildman–Crippen MR) is 75.1 cm³/mol. The Morgan fingerprint density at radius 1 is 1.38 bits per heavy atom. The highest BCUT2D eigenvalue weighted by Crippen LogP contribution is 2.27. The van der Waals surface area contributed by atoms with Gasteiger partial charge in [-0.25, -0.2) is 0 Å². The minimum absolute atomic E-state index is 0. The van der Waals surface area contributed by atoms with Gasteiger partial charge in [0.05, 0.1) is 0 Å². The predicted octanol–water partition coefficient (Wildman–Crippen LogP) is 2.56. The molecule has 0 aromatic heterocycles. The van der Waals surface area contributed by atoms with E-state index in [2.05, 4.69) is 4.74 Å². The van der Waals surface area contributed by atoms with Crippen LogP contribution in [0.5, 0.6) is 5.75 Å². The Morgan fingerprint density at radius 2 is 1.95 bits per heavy atom. The summed E-state index contributed by atoms with van der Waals surface area (Å²) in [4.78, 5) is 13.2. The molecule has 1 aromatic carbocycles. The number of rotatable bonds is 5. The van der Waals surface area contributed by atoms with Gasteiger partial charge in [-0.15, -0.1) is 25.6 Å². The first-order valence-electron chi connectivity index (χ1n) is 6.03. The Morgan fingerprint density at radius 3 is 2.48 bits per heavy atom. The van der Waals surface area contributed by atoms with Gasteiger partial charge >= 0.3 is 6.36 Å². The van der Waals surface area contributed by atoms with Crippen LogP contribution in [-0.2, 0) is 11.3 Å². The van der Waals surface area contributed by atoms with Crippen molar-refractivity contribution in [3.63, 3.8) is 0 Å². The van der Waals surface area contributed by atoms with Crippen molar-refractivity contribution in [1.82, 2.24) is 4.90 Å². The molecule has 1 unspecified atom stereocenters. The van der Waals surface area contributed by atoms with E-state index in [0.29, 0.717) is 0 Å². The Balaban J connectivity index is 0.00000400. The first-order chi connectivity index (χ1) is 9.24. The second kappa shape index (κ2) is 8.09. The number of para-hydroxylation sites is 1. The van der Waals surface area contributed by atoms with E-state index >= 15 is 0 Å². The number of alkyl halides is 3. The molecule has 4 nitrogen and oxygen atoms in total. The highest BCUT2D eigenvalue weighted by molar-refractivity contribution is 5.85. The molecule has 120 valence electrons. The lowest BCUT2D eigenvalue weighted by atomic mass is 10.1. The number of hydrogen-bond acceptors (Lipinski definition) is 3. The van der Waals surface area contributed by atoms with Crippen LogP contribution < -0.4 is 10.5 Å². The Labute approximate surface area is 127 Å². The lowest BCUT2D eigenvalue weighted by molar-refractivity contribution is -0.275. The molecular formula is C13H18ClF3N2O2. The summed E-state index contributed by atoms with van der Waals surface area (Å²) in [6, 6.07) is 5.73. The molecular weight excluding hydrogens is 309 g/mol. The minimum atomic E-state index is -4.76.